The number of carbonyl (C=O) groups excluding carboxylic acids is 1. The number of amides is 1. The fourth-order valence-electron chi connectivity index (χ4n) is 1.16. The third-order valence-electron chi connectivity index (χ3n) is 2.37. The summed E-state index contributed by atoms with van der Waals surface area (Å²) in [6.45, 7) is 6.37. The van der Waals surface area contributed by atoms with Crippen molar-refractivity contribution in [2.45, 2.75) is 52.1 Å². The standard InChI is InChI=1S/C12H25NO3/c1-3-11(2)16-10-5-4-8-15-9-6-7-12(13)14/h11H,3-10H2,1-2H3,(H2,13,14). The molecule has 0 aliphatic rings. The van der Waals surface area contributed by atoms with Crippen LogP contribution in [-0.2, 0) is 14.3 Å². The van der Waals surface area contributed by atoms with E-state index >= 15 is 0 Å². The molecule has 0 aliphatic carbocycles. The van der Waals surface area contributed by atoms with Crippen molar-refractivity contribution in [3.63, 3.8) is 0 Å². The summed E-state index contributed by atoms with van der Waals surface area (Å²) in [5.74, 6) is -0.259. The number of ether oxygens (including phenoxy) is 2. The third kappa shape index (κ3) is 11.5. The van der Waals surface area contributed by atoms with Gasteiger partial charge in [0.1, 0.15) is 0 Å². The van der Waals surface area contributed by atoms with Gasteiger partial charge in [0.15, 0.2) is 0 Å². The van der Waals surface area contributed by atoms with E-state index in [2.05, 4.69) is 13.8 Å². The normalized spacial score (nSPS) is 12.6. The fourth-order valence-corrected chi connectivity index (χ4v) is 1.16. The molecule has 0 radical (unpaired) electrons. The van der Waals surface area contributed by atoms with Gasteiger partial charge in [-0.25, -0.2) is 0 Å². The van der Waals surface area contributed by atoms with Gasteiger partial charge >= 0.3 is 0 Å². The summed E-state index contributed by atoms with van der Waals surface area (Å²) in [5.41, 5.74) is 5.00. The van der Waals surface area contributed by atoms with E-state index in [1.165, 1.54) is 0 Å². The van der Waals surface area contributed by atoms with E-state index in [-0.39, 0.29) is 5.91 Å². The molecule has 4 nitrogen and oxygen atoms in total. The van der Waals surface area contributed by atoms with Crippen LogP contribution in [0.4, 0.5) is 0 Å². The van der Waals surface area contributed by atoms with E-state index in [0.717, 1.165) is 38.9 Å². The van der Waals surface area contributed by atoms with Gasteiger partial charge < -0.3 is 15.2 Å². The molecule has 0 aromatic heterocycles. The van der Waals surface area contributed by atoms with Gasteiger partial charge in [-0.05, 0) is 32.6 Å². The maximum atomic E-state index is 10.4. The molecular formula is C12H25NO3. The van der Waals surface area contributed by atoms with Gasteiger partial charge in [0.05, 0.1) is 6.10 Å². The van der Waals surface area contributed by atoms with E-state index in [1.807, 2.05) is 0 Å². The lowest BCUT2D eigenvalue weighted by Crippen LogP contribution is -2.11. The molecule has 1 unspecified atom stereocenters. The summed E-state index contributed by atoms with van der Waals surface area (Å²) in [6, 6.07) is 0. The number of hydrogen-bond donors (Lipinski definition) is 1. The van der Waals surface area contributed by atoms with Crippen molar-refractivity contribution < 1.29 is 14.3 Å². The van der Waals surface area contributed by atoms with Crippen molar-refractivity contribution in [2.75, 3.05) is 19.8 Å². The minimum absolute atomic E-state index is 0.259. The Labute approximate surface area is 98.5 Å². The van der Waals surface area contributed by atoms with Crippen LogP contribution in [-0.4, -0.2) is 31.8 Å². The zero-order valence-corrected chi connectivity index (χ0v) is 10.5. The average molecular weight is 231 g/mol. The number of primary amides is 1. The van der Waals surface area contributed by atoms with Crippen molar-refractivity contribution in [2.24, 2.45) is 5.73 Å². The van der Waals surface area contributed by atoms with Crippen LogP contribution in [0.2, 0.25) is 0 Å². The summed E-state index contributed by atoms with van der Waals surface area (Å²) >= 11 is 0. The van der Waals surface area contributed by atoms with Gasteiger partial charge in [0.2, 0.25) is 5.91 Å². The molecule has 0 saturated carbocycles. The minimum Gasteiger partial charge on any atom is -0.381 e. The Balaban J connectivity index is 3.01. The van der Waals surface area contributed by atoms with E-state index in [4.69, 9.17) is 15.2 Å². The molecule has 4 heteroatoms. The number of rotatable bonds is 11. The largest absolute Gasteiger partial charge is 0.381 e. The Morgan fingerprint density at radius 3 is 2.44 bits per heavy atom. The molecular weight excluding hydrogens is 206 g/mol. The molecule has 0 spiro atoms. The smallest absolute Gasteiger partial charge is 0.217 e. The lowest BCUT2D eigenvalue weighted by Gasteiger charge is -2.10. The zero-order valence-electron chi connectivity index (χ0n) is 10.5. The number of hydrogen-bond acceptors (Lipinski definition) is 3. The summed E-state index contributed by atoms with van der Waals surface area (Å²) in [6.07, 6.45) is 4.59. The first-order chi connectivity index (χ1) is 7.66. The molecule has 1 amide bonds. The lowest BCUT2D eigenvalue weighted by atomic mass is 10.3. The molecule has 0 heterocycles. The number of nitrogens with two attached hydrogens (primary N) is 1. The Hall–Kier alpha value is -0.610. The third-order valence-corrected chi connectivity index (χ3v) is 2.37. The Morgan fingerprint density at radius 2 is 1.81 bits per heavy atom. The first-order valence-electron chi connectivity index (χ1n) is 6.14. The average Bonchev–Trinajstić information content (AvgIpc) is 2.26. The zero-order chi connectivity index (χ0) is 12.2. The van der Waals surface area contributed by atoms with Crippen LogP contribution < -0.4 is 5.73 Å². The van der Waals surface area contributed by atoms with Crippen molar-refractivity contribution >= 4 is 5.91 Å². The summed E-state index contributed by atoms with van der Waals surface area (Å²) in [4.78, 5) is 10.4. The van der Waals surface area contributed by atoms with Crippen LogP contribution in [0.5, 0.6) is 0 Å². The summed E-state index contributed by atoms with van der Waals surface area (Å²) in [7, 11) is 0. The molecule has 96 valence electrons. The Bertz CT molecular complexity index is 174. The van der Waals surface area contributed by atoms with E-state index in [1.54, 1.807) is 0 Å². The first kappa shape index (κ1) is 15.4. The summed E-state index contributed by atoms with van der Waals surface area (Å²) in [5, 5.41) is 0. The molecule has 0 aliphatic heterocycles. The molecule has 0 aromatic rings. The second kappa shape index (κ2) is 10.9. The van der Waals surface area contributed by atoms with Gasteiger partial charge in [-0.3, -0.25) is 4.79 Å². The minimum atomic E-state index is -0.259. The van der Waals surface area contributed by atoms with Crippen LogP contribution in [0.25, 0.3) is 0 Å². The monoisotopic (exact) mass is 231 g/mol. The molecule has 0 rings (SSSR count). The van der Waals surface area contributed by atoms with E-state index in [9.17, 15) is 4.79 Å². The van der Waals surface area contributed by atoms with Crippen molar-refractivity contribution in [3.8, 4) is 0 Å². The highest BCUT2D eigenvalue weighted by atomic mass is 16.5. The second-order valence-electron chi connectivity index (χ2n) is 3.98. The maximum Gasteiger partial charge on any atom is 0.217 e. The van der Waals surface area contributed by atoms with Crippen LogP contribution in [0.3, 0.4) is 0 Å². The van der Waals surface area contributed by atoms with Crippen LogP contribution >= 0.6 is 0 Å². The van der Waals surface area contributed by atoms with Gasteiger partial charge in [-0.15, -0.1) is 0 Å². The molecule has 0 fully saturated rings. The molecule has 0 aromatic carbocycles. The van der Waals surface area contributed by atoms with Crippen molar-refractivity contribution in [1.82, 2.24) is 0 Å². The highest BCUT2D eigenvalue weighted by molar-refractivity contribution is 5.73. The van der Waals surface area contributed by atoms with E-state index in [0.29, 0.717) is 19.1 Å². The number of carbonyl (C=O) groups is 1. The van der Waals surface area contributed by atoms with Gasteiger partial charge in [-0.1, -0.05) is 6.92 Å². The highest BCUT2D eigenvalue weighted by Gasteiger charge is 1.98. The molecule has 0 saturated heterocycles. The van der Waals surface area contributed by atoms with Crippen molar-refractivity contribution in [1.29, 1.82) is 0 Å². The predicted octanol–water partition coefficient (Wildman–Crippen LogP) is 1.86. The quantitative estimate of drug-likeness (QED) is 0.552. The highest BCUT2D eigenvalue weighted by Crippen LogP contribution is 1.99. The number of unbranched alkanes of at least 4 members (excludes halogenated alkanes) is 1. The molecule has 2 N–H and O–H groups in total. The molecule has 1 atom stereocenters. The lowest BCUT2D eigenvalue weighted by molar-refractivity contribution is -0.118. The summed E-state index contributed by atoms with van der Waals surface area (Å²) < 4.78 is 10.9. The van der Waals surface area contributed by atoms with Gasteiger partial charge in [-0.2, -0.15) is 0 Å². The van der Waals surface area contributed by atoms with Crippen molar-refractivity contribution in [3.05, 3.63) is 0 Å². The topological polar surface area (TPSA) is 61.6 Å². The first-order valence-corrected chi connectivity index (χ1v) is 6.14. The molecule has 16 heavy (non-hydrogen) atoms. The Kier molecular flexibility index (Phi) is 10.5. The molecule has 0 bridgehead atoms. The second-order valence-corrected chi connectivity index (χ2v) is 3.98. The van der Waals surface area contributed by atoms with Gasteiger partial charge in [0, 0.05) is 26.2 Å². The predicted molar refractivity (Wildman–Crippen MR) is 64.2 cm³/mol. The van der Waals surface area contributed by atoms with Gasteiger partial charge in [0.25, 0.3) is 0 Å². The van der Waals surface area contributed by atoms with Crippen LogP contribution in [0.1, 0.15) is 46.0 Å². The fraction of sp³-hybridized carbons (Fsp3) is 0.917. The Morgan fingerprint density at radius 1 is 1.19 bits per heavy atom. The van der Waals surface area contributed by atoms with Crippen LogP contribution in [0.15, 0.2) is 0 Å². The SMILES string of the molecule is CCC(C)OCCCCOCCCC(N)=O. The van der Waals surface area contributed by atoms with E-state index < -0.39 is 0 Å². The van der Waals surface area contributed by atoms with Crippen LogP contribution in [0, 0.1) is 0 Å². The maximum absolute atomic E-state index is 10.4.